The number of rotatable bonds is 3. The molecule has 2 atom stereocenters. The molecule has 0 radical (unpaired) electrons. The molecule has 6 aliphatic heterocycles. The van der Waals surface area contributed by atoms with Gasteiger partial charge in [0.2, 0.25) is 0 Å². The van der Waals surface area contributed by atoms with E-state index in [2.05, 4.69) is 57.1 Å². The van der Waals surface area contributed by atoms with Gasteiger partial charge in [-0.25, -0.2) is 0 Å². The number of hydrogen-bond acceptors (Lipinski definition) is 3. The van der Waals surface area contributed by atoms with Crippen LogP contribution in [0.5, 0.6) is 0 Å². The molecule has 0 aromatic heterocycles. The third-order valence-electron chi connectivity index (χ3n) is 9.78. The van der Waals surface area contributed by atoms with Crippen LogP contribution in [0.15, 0.2) is 0 Å². The smallest absolute Gasteiger partial charge is 0.00729 e. The fraction of sp³-hybridized carbons (Fsp3) is 1.00. The van der Waals surface area contributed by atoms with E-state index in [-0.39, 0.29) is 0 Å². The van der Waals surface area contributed by atoms with Gasteiger partial charge in [0, 0.05) is 12.1 Å². The highest BCUT2D eigenvalue weighted by Crippen LogP contribution is 2.45. The molecule has 6 aliphatic rings. The second kappa shape index (κ2) is 11.8. The van der Waals surface area contributed by atoms with Crippen molar-refractivity contribution in [1.29, 1.82) is 0 Å². The first-order chi connectivity index (χ1) is 14.8. The van der Waals surface area contributed by atoms with Crippen LogP contribution in [0.25, 0.3) is 0 Å². The summed E-state index contributed by atoms with van der Waals surface area (Å²) in [5.41, 5.74) is 0.745. The molecule has 4 bridgehead atoms. The largest absolute Gasteiger partial charge is 0.317 e. The molecular formula is C28H55N3. The average molecular weight is 434 g/mol. The van der Waals surface area contributed by atoms with Gasteiger partial charge in [-0.05, 0) is 126 Å². The Morgan fingerprint density at radius 1 is 0.677 bits per heavy atom. The van der Waals surface area contributed by atoms with Crippen molar-refractivity contribution in [2.75, 3.05) is 32.7 Å². The fourth-order valence-electron chi connectivity index (χ4n) is 6.88. The van der Waals surface area contributed by atoms with Crippen molar-refractivity contribution in [3.05, 3.63) is 0 Å². The maximum Gasteiger partial charge on any atom is 0.00729 e. The minimum absolute atomic E-state index is 0.745. The molecule has 0 saturated carbocycles. The Hall–Kier alpha value is -0.120. The zero-order valence-corrected chi connectivity index (χ0v) is 21.9. The summed E-state index contributed by atoms with van der Waals surface area (Å²) in [6.07, 6.45) is 12.9. The van der Waals surface area contributed by atoms with Gasteiger partial charge in [0.05, 0.1) is 0 Å². The predicted octanol–water partition coefficient (Wildman–Crippen LogP) is 5.94. The van der Waals surface area contributed by atoms with Gasteiger partial charge in [-0.15, -0.1) is 0 Å². The van der Waals surface area contributed by atoms with Crippen LogP contribution in [0, 0.1) is 35.0 Å². The molecule has 6 heterocycles. The SMILES string of the molecule is CC(C)C12CCN(CC1)CC2.CC(C)C1CC2CCC(C1)N2.CC(C)C1CCNCC1. The molecule has 0 aliphatic carbocycles. The van der Waals surface area contributed by atoms with Crippen molar-refractivity contribution < 1.29 is 0 Å². The molecule has 0 aromatic rings. The number of fused-ring (bicyclic) bond motifs is 5. The molecule has 31 heavy (non-hydrogen) atoms. The Morgan fingerprint density at radius 3 is 1.52 bits per heavy atom. The van der Waals surface area contributed by atoms with Crippen LogP contribution in [-0.2, 0) is 0 Å². The van der Waals surface area contributed by atoms with Crippen molar-refractivity contribution in [3.63, 3.8) is 0 Å². The van der Waals surface area contributed by atoms with Crippen LogP contribution in [0.1, 0.15) is 99.3 Å². The molecule has 182 valence electrons. The Balaban J connectivity index is 0.000000133. The first-order valence-corrected chi connectivity index (χ1v) is 14.0. The van der Waals surface area contributed by atoms with Gasteiger partial charge in [-0.1, -0.05) is 41.5 Å². The fourth-order valence-corrected chi connectivity index (χ4v) is 6.88. The summed E-state index contributed by atoms with van der Waals surface area (Å²) in [6, 6.07) is 1.75. The van der Waals surface area contributed by atoms with Gasteiger partial charge in [0.1, 0.15) is 0 Å². The molecule has 6 saturated heterocycles. The van der Waals surface area contributed by atoms with Crippen molar-refractivity contribution in [1.82, 2.24) is 15.5 Å². The number of piperidine rings is 5. The van der Waals surface area contributed by atoms with Crippen LogP contribution in [0.3, 0.4) is 0 Å². The predicted molar refractivity (Wildman–Crippen MR) is 136 cm³/mol. The number of hydrogen-bond donors (Lipinski definition) is 2. The van der Waals surface area contributed by atoms with E-state index in [1.54, 1.807) is 0 Å². The highest BCUT2D eigenvalue weighted by atomic mass is 15.1. The Labute approximate surface area is 194 Å². The molecular weight excluding hydrogens is 378 g/mol. The minimum atomic E-state index is 0.745. The van der Waals surface area contributed by atoms with Crippen LogP contribution in [-0.4, -0.2) is 49.7 Å². The van der Waals surface area contributed by atoms with Gasteiger partial charge in [0.15, 0.2) is 0 Å². The lowest BCUT2D eigenvalue weighted by Crippen LogP contribution is -2.50. The van der Waals surface area contributed by atoms with E-state index in [0.717, 1.165) is 47.1 Å². The summed E-state index contributed by atoms with van der Waals surface area (Å²) in [7, 11) is 0. The van der Waals surface area contributed by atoms with E-state index in [1.807, 2.05) is 0 Å². The van der Waals surface area contributed by atoms with Crippen molar-refractivity contribution in [2.24, 2.45) is 35.0 Å². The zero-order chi connectivity index (χ0) is 22.4. The van der Waals surface area contributed by atoms with E-state index in [0.29, 0.717) is 0 Å². The van der Waals surface area contributed by atoms with Crippen molar-refractivity contribution >= 4 is 0 Å². The topological polar surface area (TPSA) is 27.3 Å². The lowest BCUT2D eigenvalue weighted by atomic mass is 9.65. The molecule has 2 unspecified atom stereocenters. The molecule has 0 aromatic carbocycles. The maximum atomic E-state index is 3.68. The molecule has 3 nitrogen and oxygen atoms in total. The summed E-state index contributed by atoms with van der Waals surface area (Å²) >= 11 is 0. The Kier molecular flexibility index (Phi) is 9.74. The lowest BCUT2D eigenvalue weighted by molar-refractivity contribution is -0.00801. The second-order valence-corrected chi connectivity index (χ2v) is 12.6. The molecule has 3 heteroatoms. The van der Waals surface area contributed by atoms with E-state index in [9.17, 15) is 0 Å². The van der Waals surface area contributed by atoms with Crippen molar-refractivity contribution in [3.8, 4) is 0 Å². The Bertz CT molecular complexity index is 475. The Morgan fingerprint density at radius 2 is 1.16 bits per heavy atom. The first-order valence-electron chi connectivity index (χ1n) is 14.0. The average Bonchev–Trinajstić information content (AvgIpc) is 3.13. The number of nitrogens with zero attached hydrogens (tertiary/aromatic N) is 1. The third kappa shape index (κ3) is 7.18. The van der Waals surface area contributed by atoms with Crippen LogP contribution in [0.2, 0.25) is 0 Å². The van der Waals surface area contributed by atoms with Gasteiger partial charge < -0.3 is 15.5 Å². The summed E-state index contributed by atoms with van der Waals surface area (Å²) in [5, 5.41) is 7.04. The van der Waals surface area contributed by atoms with E-state index < -0.39 is 0 Å². The van der Waals surface area contributed by atoms with E-state index in [1.165, 1.54) is 90.5 Å². The number of nitrogens with one attached hydrogen (secondary N) is 2. The molecule has 6 fully saturated rings. The van der Waals surface area contributed by atoms with Gasteiger partial charge >= 0.3 is 0 Å². The standard InChI is InChI=1S/2C10H19N.C8H17N/c1-9(2)10-3-6-11(7-4-10)8-5-10;1-7(2)8-5-9-3-4-10(6-8)11-9;1-7(2)8-3-5-9-6-4-8/h9H,3-8H2,1-2H3;7-11H,3-6H2,1-2H3;7-9H,3-6H2,1-2H3. The van der Waals surface area contributed by atoms with Gasteiger partial charge in [-0.2, -0.15) is 0 Å². The molecule has 0 amide bonds. The van der Waals surface area contributed by atoms with E-state index >= 15 is 0 Å². The molecule has 6 rings (SSSR count). The van der Waals surface area contributed by atoms with Gasteiger partial charge in [-0.3, -0.25) is 0 Å². The van der Waals surface area contributed by atoms with Crippen LogP contribution in [0.4, 0.5) is 0 Å². The van der Waals surface area contributed by atoms with Crippen molar-refractivity contribution in [2.45, 2.75) is 111 Å². The summed E-state index contributed by atoms with van der Waals surface area (Å²) < 4.78 is 0. The zero-order valence-electron chi connectivity index (χ0n) is 21.9. The maximum absolute atomic E-state index is 3.68. The third-order valence-corrected chi connectivity index (χ3v) is 9.78. The normalized spacial score (nSPS) is 37.5. The molecule has 0 spiro atoms. The highest BCUT2D eigenvalue weighted by Gasteiger charge is 2.41. The minimum Gasteiger partial charge on any atom is -0.317 e. The van der Waals surface area contributed by atoms with Crippen LogP contribution >= 0.6 is 0 Å². The summed E-state index contributed by atoms with van der Waals surface area (Å²) in [6.45, 7) is 20.8. The quantitative estimate of drug-likeness (QED) is 0.576. The van der Waals surface area contributed by atoms with E-state index in [4.69, 9.17) is 0 Å². The summed E-state index contributed by atoms with van der Waals surface area (Å²) in [4.78, 5) is 2.62. The monoisotopic (exact) mass is 433 g/mol. The first kappa shape index (κ1) is 25.5. The lowest BCUT2D eigenvalue weighted by Gasteiger charge is -2.51. The highest BCUT2D eigenvalue weighted by molar-refractivity contribution is 4.94. The van der Waals surface area contributed by atoms with Crippen LogP contribution < -0.4 is 10.6 Å². The summed E-state index contributed by atoms with van der Waals surface area (Å²) in [5.74, 6) is 4.71. The molecule has 2 N–H and O–H groups in total. The van der Waals surface area contributed by atoms with Gasteiger partial charge in [0.25, 0.3) is 0 Å². The second-order valence-electron chi connectivity index (χ2n) is 12.6.